The molecule has 2 aromatic carbocycles. The predicted molar refractivity (Wildman–Crippen MR) is 121 cm³/mol. The maximum atomic E-state index is 12.5. The van der Waals surface area contributed by atoms with Gasteiger partial charge in [-0.15, -0.1) is 11.3 Å². The fraction of sp³-hybridized carbons (Fsp3) is 0.304. The van der Waals surface area contributed by atoms with Gasteiger partial charge < -0.3 is 10.2 Å². The van der Waals surface area contributed by atoms with Gasteiger partial charge >= 0.3 is 0 Å². The minimum Gasteiger partial charge on any atom is -0.366 e. The summed E-state index contributed by atoms with van der Waals surface area (Å²) in [6.45, 7) is 7.39. The third-order valence-electron chi connectivity index (χ3n) is 5.26. The number of amides is 1. The van der Waals surface area contributed by atoms with Crippen LogP contribution in [-0.2, 0) is 4.79 Å². The second-order valence-corrected chi connectivity index (χ2v) is 8.42. The Balaban J connectivity index is 1.31. The standard InChI is InChI=1S/C23H26N4OS/c1-17-8-10-20(11-9-17)27-13-12-26(14-18(27)2)15-22(28)25-23-24-21(16-29-23)19-6-4-3-5-7-19/h3-11,16,18H,12-15H2,1-2H3,(H,24,25,28). The highest BCUT2D eigenvalue weighted by molar-refractivity contribution is 7.14. The molecule has 1 aliphatic rings. The lowest BCUT2D eigenvalue weighted by molar-refractivity contribution is -0.117. The van der Waals surface area contributed by atoms with Gasteiger partial charge in [0.25, 0.3) is 0 Å². The second kappa shape index (κ2) is 8.76. The van der Waals surface area contributed by atoms with E-state index in [0.29, 0.717) is 17.7 Å². The Hall–Kier alpha value is -2.70. The molecular weight excluding hydrogens is 380 g/mol. The van der Waals surface area contributed by atoms with E-state index >= 15 is 0 Å². The van der Waals surface area contributed by atoms with Gasteiger partial charge in [0.1, 0.15) is 0 Å². The molecule has 150 valence electrons. The molecule has 5 nitrogen and oxygen atoms in total. The van der Waals surface area contributed by atoms with E-state index in [1.54, 1.807) is 0 Å². The van der Waals surface area contributed by atoms with E-state index in [-0.39, 0.29) is 5.91 Å². The van der Waals surface area contributed by atoms with E-state index in [1.807, 2.05) is 35.7 Å². The first kappa shape index (κ1) is 19.6. The topological polar surface area (TPSA) is 48.5 Å². The number of benzene rings is 2. The number of piperazine rings is 1. The van der Waals surface area contributed by atoms with E-state index < -0.39 is 0 Å². The highest BCUT2D eigenvalue weighted by atomic mass is 32.1. The number of nitrogens with zero attached hydrogens (tertiary/aromatic N) is 3. The molecule has 1 unspecified atom stereocenters. The van der Waals surface area contributed by atoms with E-state index in [4.69, 9.17) is 0 Å². The third kappa shape index (κ3) is 4.83. The van der Waals surface area contributed by atoms with Crippen molar-refractivity contribution in [1.82, 2.24) is 9.88 Å². The first-order valence-electron chi connectivity index (χ1n) is 9.95. The van der Waals surface area contributed by atoms with Crippen LogP contribution in [0.5, 0.6) is 0 Å². The lowest BCUT2D eigenvalue weighted by atomic mass is 10.1. The predicted octanol–water partition coefficient (Wildman–Crippen LogP) is 4.27. The lowest BCUT2D eigenvalue weighted by Gasteiger charge is -2.41. The number of rotatable bonds is 5. The molecule has 0 radical (unpaired) electrons. The molecule has 1 N–H and O–H groups in total. The van der Waals surface area contributed by atoms with Crippen LogP contribution in [0.25, 0.3) is 11.3 Å². The van der Waals surface area contributed by atoms with Crippen LogP contribution in [0.1, 0.15) is 12.5 Å². The van der Waals surface area contributed by atoms with E-state index in [2.05, 4.69) is 58.2 Å². The van der Waals surface area contributed by atoms with Crippen molar-refractivity contribution in [2.24, 2.45) is 0 Å². The van der Waals surface area contributed by atoms with Gasteiger partial charge in [-0.25, -0.2) is 4.98 Å². The number of aromatic nitrogens is 1. The van der Waals surface area contributed by atoms with Gasteiger partial charge in [0.2, 0.25) is 5.91 Å². The van der Waals surface area contributed by atoms with Gasteiger partial charge in [-0.3, -0.25) is 9.69 Å². The molecule has 0 spiro atoms. The summed E-state index contributed by atoms with van der Waals surface area (Å²) in [4.78, 5) is 21.7. The first-order chi connectivity index (χ1) is 14.1. The van der Waals surface area contributed by atoms with Crippen LogP contribution in [0.15, 0.2) is 60.0 Å². The molecule has 4 rings (SSSR count). The molecule has 3 aromatic rings. The molecule has 0 bridgehead atoms. The average Bonchev–Trinajstić information content (AvgIpc) is 3.18. The number of nitrogens with one attached hydrogen (secondary N) is 1. The molecule has 1 amide bonds. The molecule has 6 heteroatoms. The van der Waals surface area contributed by atoms with Crippen LogP contribution in [0.3, 0.4) is 0 Å². The monoisotopic (exact) mass is 406 g/mol. The fourth-order valence-corrected chi connectivity index (χ4v) is 4.47. The van der Waals surface area contributed by atoms with Crippen LogP contribution < -0.4 is 10.2 Å². The Labute approximate surface area is 176 Å². The lowest BCUT2D eigenvalue weighted by Crippen LogP contribution is -2.53. The second-order valence-electron chi connectivity index (χ2n) is 7.57. The maximum absolute atomic E-state index is 12.5. The van der Waals surface area contributed by atoms with Gasteiger partial charge in [-0.1, -0.05) is 48.0 Å². The summed E-state index contributed by atoms with van der Waals surface area (Å²) < 4.78 is 0. The van der Waals surface area contributed by atoms with Crippen LogP contribution in [-0.4, -0.2) is 48.0 Å². The smallest absolute Gasteiger partial charge is 0.240 e. The maximum Gasteiger partial charge on any atom is 0.240 e. The molecule has 0 saturated carbocycles. The largest absolute Gasteiger partial charge is 0.366 e. The SMILES string of the molecule is Cc1ccc(N2CCN(CC(=O)Nc3nc(-c4ccccc4)cs3)CC2C)cc1. The van der Waals surface area contributed by atoms with Crippen molar-refractivity contribution in [2.75, 3.05) is 36.4 Å². The molecule has 1 aliphatic heterocycles. The van der Waals surface area contributed by atoms with Crippen molar-refractivity contribution < 1.29 is 4.79 Å². The minimum absolute atomic E-state index is 0.00468. The Morgan fingerprint density at radius 1 is 1.14 bits per heavy atom. The quantitative estimate of drug-likeness (QED) is 0.688. The van der Waals surface area contributed by atoms with E-state index in [9.17, 15) is 4.79 Å². The van der Waals surface area contributed by atoms with Crippen LogP contribution >= 0.6 is 11.3 Å². The number of thiazole rings is 1. The minimum atomic E-state index is -0.00468. The molecule has 1 fully saturated rings. The normalized spacial score (nSPS) is 17.3. The zero-order chi connectivity index (χ0) is 20.2. The summed E-state index contributed by atoms with van der Waals surface area (Å²) in [7, 11) is 0. The van der Waals surface area contributed by atoms with E-state index in [0.717, 1.165) is 30.9 Å². The Bertz CT molecular complexity index is 955. The van der Waals surface area contributed by atoms with E-state index in [1.165, 1.54) is 22.6 Å². The van der Waals surface area contributed by atoms with Gasteiger partial charge in [0.05, 0.1) is 12.2 Å². The number of hydrogen-bond donors (Lipinski definition) is 1. The van der Waals surface area contributed by atoms with Crippen LogP contribution in [0.4, 0.5) is 10.8 Å². The first-order valence-corrected chi connectivity index (χ1v) is 10.8. The molecule has 29 heavy (non-hydrogen) atoms. The van der Waals surface area contributed by atoms with Crippen molar-refractivity contribution in [3.8, 4) is 11.3 Å². The van der Waals surface area contributed by atoms with Crippen LogP contribution in [0.2, 0.25) is 0 Å². The zero-order valence-electron chi connectivity index (χ0n) is 16.8. The van der Waals surface area contributed by atoms with Crippen molar-refractivity contribution in [3.63, 3.8) is 0 Å². The van der Waals surface area contributed by atoms with Gasteiger partial charge in [0.15, 0.2) is 5.13 Å². The summed E-state index contributed by atoms with van der Waals surface area (Å²) >= 11 is 1.46. The number of hydrogen-bond acceptors (Lipinski definition) is 5. The van der Waals surface area contributed by atoms with Gasteiger partial charge in [0, 0.05) is 42.3 Å². The molecule has 2 heterocycles. The zero-order valence-corrected chi connectivity index (χ0v) is 17.7. The molecule has 1 aromatic heterocycles. The highest BCUT2D eigenvalue weighted by Gasteiger charge is 2.25. The number of carbonyl (C=O) groups is 1. The molecule has 0 aliphatic carbocycles. The Morgan fingerprint density at radius 2 is 1.90 bits per heavy atom. The number of carbonyl (C=O) groups excluding carboxylic acids is 1. The Morgan fingerprint density at radius 3 is 2.62 bits per heavy atom. The summed E-state index contributed by atoms with van der Waals surface area (Å²) in [5.41, 5.74) is 4.48. The average molecular weight is 407 g/mol. The van der Waals surface area contributed by atoms with Gasteiger partial charge in [-0.05, 0) is 26.0 Å². The summed E-state index contributed by atoms with van der Waals surface area (Å²) in [6, 6.07) is 19.0. The van der Waals surface area contributed by atoms with Crippen molar-refractivity contribution in [2.45, 2.75) is 19.9 Å². The van der Waals surface area contributed by atoms with Crippen molar-refractivity contribution in [3.05, 3.63) is 65.5 Å². The van der Waals surface area contributed by atoms with Crippen molar-refractivity contribution in [1.29, 1.82) is 0 Å². The summed E-state index contributed by atoms with van der Waals surface area (Å²) in [5, 5.41) is 5.59. The fourth-order valence-electron chi connectivity index (χ4n) is 3.73. The Kier molecular flexibility index (Phi) is 5.92. The summed E-state index contributed by atoms with van der Waals surface area (Å²) in [5.74, 6) is -0.00468. The third-order valence-corrected chi connectivity index (χ3v) is 6.02. The van der Waals surface area contributed by atoms with Crippen LogP contribution in [0, 0.1) is 6.92 Å². The molecular formula is C23H26N4OS. The molecule has 1 atom stereocenters. The highest BCUT2D eigenvalue weighted by Crippen LogP contribution is 2.25. The molecule has 1 saturated heterocycles. The number of anilines is 2. The van der Waals surface area contributed by atoms with Crippen molar-refractivity contribution >= 4 is 28.1 Å². The van der Waals surface area contributed by atoms with Gasteiger partial charge in [-0.2, -0.15) is 0 Å². The summed E-state index contributed by atoms with van der Waals surface area (Å²) in [6.07, 6.45) is 0. The number of aryl methyl sites for hydroxylation is 1.